The van der Waals surface area contributed by atoms with Crippen molar-refractivity contribution in [2.24, 2.45) is 0 Å². The van der Waals surface area contributed by atoms with Gasteiger partial charge in [0.05, 0.1) is 11.4 Å². The van der Waals surface area contributed by atoms with Crippen molar-refractivity contribution in [3.8, 4) is 23.0 Å². The lowest BCUT2D eigenvalue weighted by atomic mass is 9.31. The van der Waals surface area contributed by atoms with Gasteiger partial charge in [0, 0.05) is 69.0 Å². The Morgan fingerprint density at radius 1 is 0.305 bits per heavy atom. The summed E-state index contributed by atoms with van der Waals surface area (Å²) in [4.78, 5) is 9.99. The summed E-state index contributed by atoms with van der Waals surface area (Å²) in [5, 5.41) is 0. The van der Waals surface area contributed by atoms with Crippen LogP contribution in [-0.2, 0) is 25.7 Å². The molecule has 0 aliphatic carbocycles. The van der Waals surface area contributed by atoms with E-state index in [0.29, 0.717) is 0 Å². The third-order valence-corrected chi connectivity index (χ3v) is 17.4. The first kappa shape index (κ1) is 49.4. The predicted molar refractivity (Wildman–Crippen MR) is 345 cm³/mol. The lowest BCUT2D eigenvalue weighted by molar-refractivity contribution is 0.487. The minimum Gasteiger partial charge on any atom is -0.458 e. The Balaban J connectivity index is 1.03. The summed E-state index contributed by atoms with van der Waals surface area (Å²) < 4.78 is 14.6. The van der Waals surface area contributed by atoms with Crippen LogP contribution >= 0.6 is 0 Å². The molecule has 0 spiro atoms. The summed E-state index contributed by atoms with van der Waals surface area (Å²) in [6, 6.07) is 89.3. The van der Waals surface area contributed by atoms with Crippen molar-refractivity contribution < 1.29 is 9.47 Å². The largest absolute Gasteiger partial charge is 0.458 e. The van der Waals surface area contributed by atoms with Crippen LogP contribution in [0.25, 0.3) is 0 Å². The molecule has 4 heterocycles. The Morgan fingerprint density at radius 2 is 0.634 bits per heavy atom. The number of para-hydroxylation sites is 8. The molecule has 0 saturated heterocycles. The lowest BCUT2D eigenvalue weighted by Crippen LogP contribution is -2.63. The molecule has 15 rings (SSSR count). The average Bonchev–Trinajstić information content (AvgIpc) is 1.58. The zero-order chi connectivity index (χ0) is 55.0. The van der Waals surface area contributed by atoms with Gasteiger partial charge in [-0.05, 0) is 160 Å². The van der Waals surface area contributed by atoms with Crippen molar-refractivity contribution in [2.75, 3.05) is 19.6 Å². The topological polar surface area (TPSA) is 31.4 Å². The lowest BCUT2D eigenvalue weighted by Gasteiger charge is -2.45. The van der Waals surface area contributed by atoms with E-state index in [0.717, 1.165) is 139 Å². The molecule has 0 N–H and O–H groups in total. The van der Waals surface area contributed by atoms with Gasteiger partial charge in [-0.15, -0.1) is 0 Å². The van der Waals surface area contributed by atoms with Gasteiger partial charge in [-0.1, -0.05) is 179 Å². The Morgan fingerprint density at radius 3 is 1.00 bits per heavy atom. The predicted octanol–water partition coefficient (Wildman–Crippen LogP) is 15.7. The number of nitrogens with zero attached hydrogens (tertiary/aromatic N) is 4. The average molecular weight is 1060 g/mol. The van der Waals surface area contributed by atoms with E-state index < -0.39 is 0 Å². The maximum absolute atomic E-state index is 7.29. The van der Waals surface area contributed by atoms with Crippen LogP contribution in [0, 0.1) is 0 Å². The minimum absolute atomic E-state index is 0.155. The fourth-order valence-corrected chi connectivity index (χ4v) is 13.7. The van der Waals surface area contributed by atoms with Crippen molar-refractivity contribution in [3.63, 3.8) is 0 Å². The monoisotopic (exact) mass is 1060 g/mol. The summed E-state index contributed by atoms with van der Waals surface area (Å²) in [6.45, 7) is 8.70. The van der Waals surface area contributed by atoms with Gasteiger partial charge in [0.1, 0.15) is 23.0 Å². The summed E-state index contributed by atoms with van der Waals surface area (Å²) in [7, 11) is 0. The zero-order valence-electron chi connectivity index (χ0n) is 46.7. The van der Waals surface area contributed by atoms with E-state index in [2.05, 4.69) is 290 Å². The second kappa shape index (κ2) is 20.2. The van der Waals surface area contributed by atoms with Crippen molar-refractivity contribution in [1.82, 2.24) is 0 Å². The number of fused-ring (bicyclic) bond motifs is 8. The van der Waals surface area contributed by atoms with Crippen LogP contribution in [0.5, 0.6) is 23.0 Å². The molecule has 4 aliphatic heterocycles. The van der Waals surface area contributed by atoms with Gasteiger partial charge in [-0.3, -0.25) is 0 Å². The van der Waals surface area contributed by atoms with Gasteiger partial charge < -0.3 is 29.1 Å². The zero-order valence-corrected chi connectivity index (χ0v) is 46.7. The smallest absolute Gasteiger partial charge is 0.256 e. The van der Waals surface area contributed by atoms with Gasteiger partial charge in [-0.2, -0.15) is 0 Å². The van der Waals surface area contributed by atoms with E-state index in [1.807, 2.05) is 0 Å². The van der Waals surface area contributed by atoms with Crippen LogP contribution in [0.1, 0.15) is 49.9 Å². The van der Waals surface area contributed by atoms with Crippen molar-refractivity contribution in [3.05, 3.63) is 265 Å². The molecule has 0 unspecified atom stereocenters. The highest BCUT2D eigenvalue weighted by Gasteiger charge is 2.48. The summed E-state index contributed by atoms with van der Waals surface area (Å²) in [5.74, 6) is 3.45. The van der Waals surface area contributed by atoms with Crippen molar-refractivity contribution >= 4 is 114 Å². The number of hydrogen-bond donors (Lipinski definition) is 0. The van der Waals surface area contributed by atoms with Gasteiger partial charge in [0.2, 0.25) is 0 Å². The number of rotatable bonds is 12. The van der Waals surface area contributed by atoms with Crippen LogP contribution in [0.3, 0.4) is 0 Å². The first-order valence-corrected chi connectivity index (χ1v) is 29.2. The third kappa shape index (κ3) is 7.79. The second-order valence-corrected chi connectivity index (χ2v) is 21.8. The molecule has 394 valence electrons. The third-order valence-electron chi connectivity index (χ3n) is 17.4. The van der Waals surface area contributed by atoms with Crippen LogP contribution in [-0.4, -0.2) is 13.4 Å². The first-order valence-electron chi connectivity index (χ1n) is 29.2. The van der Waals surface area contributed by atoms with Gasteiger partial charge in [-0.25, -0.2) is 0 Å². The molecule has 0 radical (unpaired) electrons. The number of benzene rings is 11. The Kier molecular flexibility index (Phi) is 12.1. The number of aryl methyl sites for hydroxylation is 4. The normalized spacial score (nSPS) is 12.9. The Hall–Kier alpha value is -9.65. The second-order valence-electron chi connectivity index (χ2n) is 21.8. The molecule has 0 fully saturated rings. The van der Waals surface area contributed by atoms with E-state index in [1.165, 1.54) is 33.2 Å². The molecule has 4 aliphatic rings. The molecule has 0 atom stereocenters. The molecule has 8 heteroatoms. The number of ether oxygens (including phenoxy) is 2. The molecule has 82 heavy (non-hydrogen) atoms. The molecular formula is C74H60B2N4O2. The highest BCUT2D eigenvalue weighted by Crippen LogP contribution is 2.51. The molecule has 11 aromatic carbocycles. The summed E-state index contributed by atoms with van der Waals surface area (Å²) in [6.07, 6.45) is 3.54. The Labute approximate surface area is 482 Å². The van der Waals surface area contributed by atoms with Crippen molar-refractivity contribution in [1.29, 1.82) is 0 Å². The summed E-state index contributed by atoms with van der Waals surface area (Å²) in [5.41, 5.74) is 25.4. The SMILES string of the molecule is CCc1ccccc1N(c1cc2c3c(c1)N(c1ccccc1)c1cc4c(cc1B3c1ccccc1O2)B1c2ccccc2Oc2cc(N(c3ccccc3CC)c3ccccc3CC)cc(c21)N4c1ccccc1)c1ccccc1CC. The minimum atomic E-state index is -0.155. The van der Waals surface area contributed by atoms with Crippen LogP contribution < -0.4 is 61.9 Å². The quantitative estimate of drug-likeness (QED) is 0.113. The maximum atomic E-state index is 7.29. The van der Waals surface area contributed by atoms with E-state index in [9.17, 15) is 0 Å². The number of hydrogen-bond acceptors (Lipinski definition) is 6. The van der Waals surface area contributed by atoms with Crippen LogP contribution in [0.15, 0.2) is 243 Å². The molecular weight excluding hydrogens is 998 g/mol. The standard InChI is InChI=1S/C74H60B2N4O2/c1-5-49-27-15-21-37-61(49)79(62-38-22-16-28-50(62)6-2)55-43-67-73-71(45-55)81-69-41-25-19-35-57(69)75(73)59-47-60-66(48-65(59)77(67)53-31-11-9-12-32-53)78(54-33-13-10-14-34-54)68-44-56(46-72-74(68)76(60)58-36-20-26-42-70(58)82-72)80(63-39-23-17-29-51(63)7-3)64-40-24-18-30-52(64)8-4/h9-48H,5-8H2,1-4H3. The van der Waals surface area contributed by atoms with Crippen molar-refractivity contribution in [2.45, 2.75) is 53.4 Å². The fourth-order valence-electron chi connectivity index (χ4n) is 13.7. The first-order chi connectivity index (χ1) is 40.5. The number of anilines is 12. The van der Waals surface area contributed by atoms with Gasteiger partial charge in [0.25, 0.3) is 13.4 Å². The molecule has 0 amide bonds. The van der Waals surface area contributed by atoms with Gasteiger partial charge in [0.15, 0.2) is 0 Å². The summed E-state index contributed by atoms with van der Waals surface area (Å²) >= 11 is 0. The molecule has 0 saturated carbocycles. The highest BCUT2D eigenvalue weighted by molar-refractivity contribution is 7.02. The maximum Gasteiger partial charge on any atom is 0.256 e. The van der Waals surface area contributed by atoms with E-state index >= 15 is 0 Å². The Bertz CT molecular complexity index is 3930. The highest BCUT2D eigenvalue weighted by atomic mass is 16.5. The van der Waals surface area contributed by atoms with E-state index in [1.54, 1.807) is 0 Å². The molecule has 6 nitrogen and oxygen atoms in total. The van der Waals surface area contributed by atoms with Crippen LogP contribution in [0.4, 0.5) is 68.2 Å². The van der Waals surface area contributed by atoms with Gasteiger partial charge >= 0.3 is 0 Å². The molecule has 11 aromatic rings. The van der Waals surface area contributed by atoms with E-state index in [4.69, 9.17) is 9.47 Å². The van der Waals surface area contributed by atoms with E-state index in [-0.39, 0.29) is 13.4 Å². The molecule has 0 aromatic heterocycles. The molecule has 0 bridgehead atoms. The fraction of sp³-hybridized carbons (Fsp3) is 0.108. The van der Waals surface area contributed by atoms with Crippen LogP contribution in [0.2, 0.25) is 0 Å².